The third-order valence-corrected chi connectivity index (χ3v) is 2.48. The molecule has 2 heterocycles. The molecule has 100 valence electrons. The van der Waals surface area contributed by atoms with Crippen LogP contribution < -0.4 is 14.8 Å². The molecule has 1 unspecified atom stereocenters. The van der Waals surface area contributed by atoms with Crippen LogP contribution in [0.5, 0.6) is 11.6 Å². The first-order chi connectivity index (χ1) is 8.53. The molecule has 0 amide bonds. The Morgan fingerprint density at radius 2 is 2.17 bits per heavy atom. The van der Waals surface area contributed by atoms with Crippen molar-refractivity contribution in [3.8, 4) is 11.6 Å². The summed E-state index contributed by atoms with van der Waals surface area (Å²) in [6.45, 7) is 1.69. The second-order valence-corrected chi connectivity index (χ2v) is 3.97. The van der Waals surface area contributed by atoms with Crippen molar-refractivity contribution in [2.24, 2.45) is 0 Å². The van der Waals surface area contributed by atoms with Gasteiger partial charge in [-0.1, -0.05) is 0 Å². The molecule has 2 rings (SSSR count). The van der Waals surface area contributed by atoms with Crippen LogP contribution in [0.3, 0.4) is 0 Å². The number of hydrogen-bond acceptors (Lipinski definition) is 4. The molecule has 4 nitrogen and oxygen atoms in total. The standard InChI is InChI=1S/C11H13F3N2O2/c12-11(13,14)18-9-3-4-10(16-7-9)17-8-2-1-5-15-6-8/h3-4,7-8,15H,1-2,5-6H2. The predicted molar refractivity (Wildman–Crippen MR) is 57.4 cm³/mol. The molecular formula is C11H13F3N2O2. The summed E-state index contributed by atoms with van der Waals surface area (Å²) < 4.78 is 45.0. The molecule has 1 aliphatic rings. The number of piperidine rings is 1. The van der Waals surface area contributed by atoms with Crippen LogP contribution >= 0.6 is 0 Å². The van der Waals surface area contributed by atoms with E-state index in [1.54, 1.807) is 0 Å². The van der Waals surface area contributed by atoms with Gasteiger partial charge in [0.1, 0.15) is 11.9 Å². The van der Waals surface area contributed by atoms with Gasteiger partial charge in [-0.05, 0) is 25.5 Å². The Hall–Kier alpha value is -1.50. The van der Waals surface area contributed by atoms with Crippen molar-refractivity contribution in [1.29, 1.82) is 0 Å². The highest BCUT2D eigenvalue weighted by Crippen LogP contribution is 2.23. The zero-order chi connectivity index (χ0) is 13.0. The molecule has 1 atom stereocenters. The lowest BCUT2D eigenvalue weighted by Gasteiger charge is -2.23. The average molecular weight is 262 g/mol. The van der Waals surface area contributed by atoms with Gasteiger partial charge in [-0.15, -0.1) is 13.2 Å². The van der Waals surface area contributed by atoms with Crippen LogP contribution in [-0.2, 0) is 0 Å². The highest BCUT2D eigenvalue weighted by Gasteiger charge is 2.31. The van der Waals surface area contributed by atoms with E-state index >= 15 is 0 Å². The predicted octanol–water partition coefficient (Wildman–Crippen LogP) is 2.11. The minimum absolute atomic E-state index is 0.0145. The molecule has 0 bridgehead atoms. The molecule has 1 saturated heterocycles. The summed E-state index contributed by atoms with van der Waals surface area (Å²) in [5.41, 5.74) is 0. The van der Waals surface area contributed by atoms with Gasteiger partial charge in [-0.3, -0.25) is 0 Å². The molecule has 1 aromatic heterocycles. The Morgan fingerprint density at radius 1 is 1.33 bits per heavy atom. The average Bonchev–Trinajstić information content (AvgIpc) is 2.31. The number of halogens is 3. The third-order valence-electron chi connectivity index (χ3n) is 2.48. The third kappa shape index (κ3) is 4.06. The van der Waals surface area contributed by atoms with Crippen LogP contribution in [0.25, 0.3) is 0 Å². The van der Waals surface area contributed by atoms with E-state index in [-0.39, 0.29) is 11.9 Å². The Kier molecular flexibility index (Phi) is 3.90. The first kappa shape index (κ1) is 12.9. The highest BCUT2D eigenvalue weighted by molar-refractivity contribution is 5.23. The van der Waals surface area contributed by atoms with Gasteiger partial charge in [0, 0.05) is 12.6 Å². The first-order valence-electron chi connectivity index (χ1n) is 5.62. The second-order valence-electron chi connectivity index (χ2n) is 3.97. The summed E-state index contributed by atoms with van der Waals surface area (Å²) in [7, 11) is 0. The fourth-order valence-electron chi connectivity index (χ4n) is 1.72. The fraction of sp³-hybridized carbons (Fsp3) is 0.545. The highest BCUT2D eigenvalue weighted by atomic mass is 19.4. The SMILES string of the molecule is FC(F)(F)Oc1ccc(OC2CCCNC2)nc1. The van der Waals surface area contributed by atoms with E-state index in [2.05, 4.69) is 15.0 Å². The number of rotatable bonds is 3. The fourth-order valence-corrected chi connectivity index (χ4v) is 1.72. The van der Waals surface area contributed by atoms with Gasteiger partial charge in [-0.25, -0.2) is 4.98 Å². The molecule has 1 aliphatic heterocycles. The molecule has 0 aliphatic carbocycles. The lowest BCUT2D eigenvalue weighted by molar-refractivity contribution is -0.274. The molecule has 0 spiro atoms. The van der Waals surface area contributed by atoms with Crippen molar-refractivity contribution in [3.05, 3.63) is 18.3 Å². The molecule has 7 heteroatoms. The van der Waals surface area contributed by atoms with Crippen molar-refractivity contribution < 1.29 is 22.6 Å². The van der Waals surface area contributed by atoms with E-state index < -0.39 is 6.36 Å². The van der Waals surface area contributed by atoms with E-state index in [4.69, 9.17) is 4.74 Å². The van der Waals surface area contributed by atoms with E-state index in [0.29, 0.717) is 5.88 Å². The number of hydrogen-bond donors (Lipinski definition) is 1. The molecule has 1 aromatic rings. The Balaban J connectivity index is 1.90. The summed E-state index contributed by atoms with van der Waals surface area (Å²) in [4.78, 5) is 3.78. The second kappa shape index (κ2) is 5.43. The Morgan fingerprint density at radius 3 is 2.72 bits per heavy atom. The maximum atomic E-state index is 11.9. The van der Waals surface area contributed by atoms with Crippen LogP contribution in [0.1, 0.15) is 12.8 Å². The summed E-state index contributed by atoms with van der Waals surface area (Å²) >= 11 is 0. The van der Waals surface area contributed by atoms with Crippen molar-refractivity contribution in [1.82, 2.24) is 10.3 Å². The van der Waals surface area contributed by atoms with Crippen molar-refractivity contribution in [3.63, 3.8) is 0 Å². The smallest absolute Gasteiger partial charge is 0.473 e. The lowest BCUT2D eigenvalue weighted by atomic mass is 10.1. The van der Waals surface area contributed by atoms with Crippen molar-refractivity contribution >= 4 is 0 Å². The summed E-state index contributed by atoms with van der Waals surface area (Å²) in [6, 6.07) is 2.56. The number of alkyl halides is 3. The van der Waals surface area contributed by atoms with Gasteiger partial charge < -0.3 is 14.8 Å². The summed E-state index contributed by atoms with van der Waals surface area (Å²) in [5, 5.41) is 3.17. The number of pyridine rings is 1. The van der Waals surface area contributed by atoms with E-state index in [9.17, 15) is 13.2 Å². The zero-order valence-corrected chi connectivity index (χ0v) is 9.54. The minimum atomic E-state index is -4.70. The maximum absolute atomic E-state index is 11.9. The maximum Gasteiger partial charge on any atom is 0.573 e. The molecule has 0 saturated carbocycles. The van der Waals surface area contributed by atoms with Crippen LogP contribution in [0, 0.1) is 0 Å². The molecular weight excluding hydrogens is 249 g/mol. The topological polar surface area (TPSA) is 43.4 Å². The van der Waals surface area contributed by atoms with Crippen LogP contribution in [0.2, 0.25) is 0 Å². The Labute approximate surface area is 102 Å². The number of ether oxygens (including phenoxy) is 2. The largest absolute Gasteiger partial charge is 0.573 e. The first-order valence-corrected chi connectivity index (χ1v) is 5.62. The van der Waals surface area contributed by atoms with Gasteiger partial charge in [0.2, 0.25) is 5.88 Å². The molecule has 1 fully saturated rings. The Bertz CT molecular complexity index is 375. The van der Waals surface area contributed by atoms with Crippen LogP contribution in [-0.4, -0.2) is 30.5 Å². The quantitative estimate of drug-likeness (QED) is 0.906. The number of nitrogens with one attached hydrogen (secondary N) is 1. The molecule has 1 N–H and O–H groups in total. The monoisotopic (exact) mass is 262 g/mol. The van der Waals surface area contributed by atoms with Gasteiger partial charge in [0.05, 0.1) is 6.20 Å². The van der Waals surface area contributed by atoms with Crippen molar-refractivity contribution in [2.45, 2.75) is 25.3 Å². The van der Waals surface area contributed by atoms with Crippen LogP contribution in [0.4, 0.5) is 13.2 Å². The van der Waals surface area contributed by atoms with E-state index in [0.717, 1.165) is 32.1 Å². The normalized spacial score (nSPS) is 20.5. The van der Waals surface area contributed by atoms with E-state index in [1.165, 1.54) is 12.1 Å². The minimum Gasteiger partial charge on any atom is -0.473 e. The van der Waals surface area contributed by atoms with Gasteiger partial charge >= 0.3 is 6.36 Å². The van der Waals surface area contributed by atoms with Gasteiger partial charge in [-0.2, -0.15) is 0 Å². The number of aromatic nitrogens is 1. The summed E-state index contributed by atoms with van der Waals surface area (Å²) in [6.07, 6.45) is -1.76. The molecule has 0 radical (unpaired) electrons. The molecule has 18 heavy (non-hydrogen) atoms. The van der Waals surface area contributed by atoms with Gasteiger partial charge in [0.25, 0.3) is 0 Å². The molecule has 0 aromatic carbocycles. The zero-order valence-electron chi connectivity index (χ0n) is 9.54. The summed E-state index contributed by atoms with van der Waals surface area (Å²) in [5.74, 6) is -0.0464. The van der Waals surface area contributed by atoms with E-state index in [1.807, 2.05) is 0 Å². The number of nitrogens with zero attached hydrogens (tertiary/aromatic N) is 1. The lowest BCUT2D eigenvalue weighted by Crippen LogP contribution is -2.37. The van der Waals surface area contributed by atoms with Crippen LogP contribution in [0.15, 0.2) is 18.3 Å². The van der Waals surface area contributed by atoms with Gasteiger partial charge in [0.15, 0.2) is 0 Å². The van der Waals surface area contributed by atoms with Crippen molar-refractivity contribution in [2.75, 3.05) is 13.1 Å².